The Balaban J connectivity index is 1.75. The van der Waals surface area contributed by atoms with E-state index in [2.05, 4.69) is 20.5 Å². The van der Waals surface area contributed by atoms with Gasteiger partial charge < -0.3 is 30.7 Å². The topological polar surface area (TPSA) is 237 Å². The average Bonchev–Trinajstić information content (AvgIpc) is 2.94. The average molecular weight is 624 g/mol. The molecule has 1 aromatic carbocycles. The van der Waals surface area contributed by atoms with Crippen LogP contribution in [0.3, 0.4) is 0 Å². The monoisotopic (exact) mass is 623 g/mol. The zero-order valence-electron chi connectivity index (χ0n) is 25.2. The van der Waals surface area contributed by atoms with E-state index in [1.54, 1.807) is 31.1 Å². The molecule has 0 spiro atoms. The SMILES string of the molecule is CC(C)(C)OC(=O)N[C@@H](CCCN=C(N)N[N+](=O)[O-])C(=O)N1CCN(CCCNC(=O)OCc2ccc([N+](=O)[O-])cc2)CC1. The van der Waals surface area contributed by atoms with E-state index in [4.69, 9.17) is 15.2 Å². The fourth-order valence-corrected chi connectivity index (χ4v) is 4.15. The van der Waals surface area contributed by atoms with Crippen molar-refractivity contribution >= 4 is 29.7 Å². The van der Waals surface area contributed by atoms with E-state index < -0.39 is 33.8 Å². The van der Waals surface area contributed by atoms with Crippen LogP contribution in [0.4, 0.5) is 15.3 Å². The number of hydrazine groups is 1. The molecule has 1 atom stereocenters. The molecule has 18 heteroatoms. The van der Waals surface area contributed by atoms with Gasteiger partial charge in [-0.1, -0.05) is 5.43 Å². The summed E-state index contributed by atoms with van der Waals surface area (Å²) in [7, 11) is 0. The Morgan fingerprint density at radius 1 is 1.05 bits per heavy atom. The van der Waals surface area contributed by atoms with Gasteiger partial charge in [-0.25, -0.2) is 24.7 Å². The number of nitro groups is 2. The first-order chi connectivity index (χ1) is 20.7. The van der Waals surface area contributed by atoms with Gasteiger partial charge in [0.15, 0.2) is 5.03 Å². The van der Waals surface area contributed by atoms with E-state index in [9.17, 15) is 34.6 Å². The number of carbonyl (C=O) groups excluding carboxylic acids is 3. The van der Waals surface area contributed by atoms with Gasteiger partial charge in [0.2, 0.25) is 5.91 Å². The fraction of sp³-hybridized carbons (Fsp3) is 0.615. The van der Waals surface area contributed by atoms with Gasteiger partial charge in [0.25, 0.3) is 11.6 Å². The van der Waals surface area contributed by atoms with Crippen LogP contribution in [0.15, 0.2) is 29.3 Å². The quantitative estimate of drug-likeness (QED) is 0.0750. The van der Waals surface area contributed by atoms with Crippen LogP contribution in [-0.4, -0.2) is 101 Å². The minimum atomic E-state index is -0.877. The van der Waals surface area contributed by atoms with Gasteiger partial charge in [0.1, 0.15) is 18.2 Å². The molecule has 3 amide bonds. The predicted octanol–water partition coefficient (Wildman–Crippen LogP) is 1.12. The number of piperazine rings is 1. The van der Waals surface area contributed by atoms with Gasteiger partial charge in [-0.2, -0.15) is 0 Å². The standard InChI is InChI=1S/C26H41N9O9/c1-26(2,3)44-25(38)30-21(6-4-11-28-23(27)31-35(41)42)22(36)33-16-14-32(15-17-33)13-5-12-29-24(37)43-18-19-7-9-20(10-8-19)34(39)40/h7-10,21H,4-6,11-18H2,1-3H3,(H,29,37)(H,30,38)(H3,27,28,31)/t21-/m0/s1. The Morgan fingerprint density at radius 3 is 2.30 bits per heavy atom. The number of alkyl carbamates (subject to hydrolysis) is 2. The molecular formula is C26H41N9O9. The summed E-state index contributed by atoms with van der Waals surface area (Å²) in [6.07, 6.45) is -0.121. The molecule has 0 unspecified atom stereocenters. The highest BCUT2D eigenvalue weighted by atomic mass is 16.7. The van der Waals surface area contributed by atoms with Gasteiger partial charge in [0, 0.05) is 51.4 Å². The molecule has 0 radical (unpaired) electrons. The molecule has 244 valence electrons. The summed E-state index contributed by atoms with van der Waals surface area (Å²) in [5, 5.41) is 25.6. The zero-order valence-corrected chi connectivity index (χ0v) is 25.2. The zero-order chi connectivity index (χ0) is 32.7. The Morgan fingerprint density at radius 2 is 1.70 bits per heavy atom. The van der Waals surface area contributed by atoms with Crippen molar-refractivity contribution in [1.29, 1.82) is 0 Å². The van der Waals surface area contributed by atoms with E-state index in [1.807, 2.05) is 0 Å². The lowest BCUT2D eigenvalue weighted by atomic mass is 10.1. The van der Waals surface area contributed by atoms with Crippen LogP contribution in [-0.2, 0) is 20.9 Å². The predicted molar refractivity (Wildman–Crippen MR) is 158 cm³/mol. The molecule has 0 aliphatic carbocycles. The molecule has 0 saturated carbocycles. The smallest absolute Gasteiger partial charge is 0.408 e. The number of aliphatic imine (C=N–C) groups is 1. The van der Waals surface area contributed by atoms with E-state index in [1.165, 1.54) is 24.3 Å². The van der Waals surface area contributed by atoms with E-state index in [0.717, 1.165) is 0 Å². The summed E-state index contributed by atoms with van der Waals surface area (Å²) >= 11 is 0. The van der Waals surface area contributed by atoms with Crippen molar-refractivity contribution in [3.05, 3.63) is 50.1 Å². The minimum Gasteiger partial charge on any atom is -0.445 e. The van der Waals surface area contributed by atoms with E-state index >= 15 is 0 Å². The second-order valence-corrected chi connectivity index (χ2v) is 10.9. The van der Waals surface area contributed by atoms with Gasteiger partial charge in [-0.15, -0.1) is 0 Å². The molecule has 5 N–H and O–H groups in total. The molecule has 1 heterocycles. The van der Waals surface area contributed by atoms with Crippen LogP contribution in [0, 0.1) is 20.2 Å². The second kappa shape index (κ2) is 17.4. The first-order valence-electron chi connectivity index (χ1n) is 14.1. The van der Waals surface area contributed by atoms with Crippen LogP contribution in [0.25, 0.3) is 0 Å². The Kier molecular flexibility index (Phi) is 14.0. The number of rotatable bonds is 14. The number of carbonyl (C=O) groups is 3. The van der Waals surface area contributed by atoms with Crippen LogP contribution >= 0.6 is 0 Å². The molecule has 0 aromatic heterocycles. The van der Waals surface area contributed by atoms with Gasteiger partial charge in [-0.3, -0.25) is 19.8 Å². The van der Waals surface area contributed by atoms with Crippen LogP contribution < -0.4 is 21.8 Å². The summed E-state index contributed by atoms with van der Waals surface area (Å²) in [4.78, 5) is 66.0. The lowest BCUT2D eigenvalue weighted by Gasteiger charge is -2.36. The molecule has 1 aliphatic rings. The molecule has 1 aliphatic heterocycles. The number of nitro benzene ring substituents is 1. The van der Waals surface area contributed by atoms with Crippen LogP contribution in [0.5, 0.6) is 0 Å². The summed E-state index contributed by atoms with van der Waals surface area (Å²) < 4.78 is 10.4. The van der Waals surface area contributed by atoms with Crippen molar-refractivity contribution in [2.45, 2.75) is 58.3 Å². The third-order valence-electron chi connectivity index (χ3n) is 6.25. The number of hydrogen-bond acceptors (Lipinski definition) is 11. The van der Waals surface area contributed by atoms with Crippen LogP contribution in [0.2, 0.25) is 0 Å². The number of nitrogens with zero attached hydrogens (tertiary/aromatic N) is 5. The number of nitrogens with two attached hydrogens (primary N) is 1. The molecule has 18 nitrogen and oxygen atoms in total. The van der Waals surface area contributed by atoms with Gasteiger partial charge in [-0.05, 0) is 64.3 Å². The second-order valence-electron chi connectivity index (χ2n) is 10.9. The lowest BCUT2D eigenvalue weighted by molar-refractivity contribution is -0.525. The molecule has 1 saturated heterocycles. The maximum absolute atomic E-state index is 13.3. The Bertz CT molecular complexity index is 1160. The number of ether oxygens (including phenoxy) is 2. The van der Waals surface area contributed by atoms with Crippen molar-refractivity contribution in [3.8, 4) is 0 Å². The third-order valence-corrected chi connectivity index (χ3v) is 6.25. The largest absolute Gasteiger partial charge is 0.445 e. The number of guanidine groups is 1. The molecule has 0 bridgehead atoms. The van der Waals surface area contributed by atoms with Crippen molar-refractivity contribution in [1.82, 2.24) is 25.9 Å². The Hall–Kier alpha value is -4.74. The third kappa shape index (κ3) is 14.0. The fourth-order valence-electron chi connectivity index (χ4n) is 4.15. The summed E-state index contributed by atoms with van der Waals surface area (Å²) in [5.74, 6) is -0.628. The number of amides is 3. The van der Waals surface area contributed by atoms with E-state index in [0.29, 0.717) is 57.7 Å². The number of benzene rings is 1. The summed E-state index contributed by atoms with van der Waals surface area (Å²) in [6, 6.07) is 4.86. The van der Waals surface area contributed by atoms with Crippen molar-refractivity contribution in [2.75, 3.05) is 45.8 Å². The lowest BCUT2D eigenvalue weighted by Crippen LogP contribution is -2.55. The van der Waals surface area contributed by atoms with Crippen molar-refractivity contribution in [2.24, 2.45) is 10.7 Å². The molecule has 44 heavy (non-hydrogen) atoms. The highest BCUT2D eigenvalue weighted by molar-refractivity contribution is 5.86. The van der Waals surface area contributed by atoms with Gasteiger partial charge >= 0.3 is 12.2 Å². The minimum absolute atomic E-state index is 0.0102. The first-order valence-corrected chi connectivity index (χ1v) is 14.1. The summed E-state index contributed by atoms with van der Waals surface area (Å²) in [6.45, 7) is 8.37. The van der Waals surface area contributed by atoms with Crippen molar-refractivity contribution < 1.29 is 33.8 Å². The number of hydrogen-bond donors (Lipinski definition) is 4. The number of nitrogens with one attached hydrogen (secondary N) is 3. The normalized spacial score (nSPS) is 14.7. The number of non-ortho nitro benzene ring substituents is 1. The molecule has 2 rings (SSSR count). The highest BCUT2D eigenvalue weighted by Gasteiger charge is 2.30. The van der Waals surface area contributed by atoms with Crippen LogP contribution in [0.1, 0.15) is 45.6 Å². The highest BCUT2D eigenvalue weighted by Crippen LogP contribution is 2.13. The molecule has 1 aromatic rings. The van der Waals surface area contributed by atoms with Gasteiger partial charge in [0.05, 0.1) is 4.92 Å². The molecule has 1 fully saturated rings. The first kappa shape index (κ1) is 35.5. The molecular weight excluding hydrogens is 582 g/mol. The van der Waals surface area contributed by atoms with Crippen molar-refractivity contribution in [3.63, 3.8) is 0 Å². The van der Waals surface area contributed by atoms with E-state index in [-0.39, 0.29) is 37.1 Å². The Labute approximate surface area is 254 Å². The maximum Gasteiger partial charge on any atom is 0.408 e. The maximum atomic E-state index is 13.3. The summed E-state index contributed by atoms with van der Waals surface area (Å²) in [5.41, 5.74) is 7.00.